The first-order valence-electron chi connectivity index (χ1n) is 6.44. The van der Waals surface area contributed by atoms with Gasteiger partial charge in [0.05, 0.1) is 11.9 Å². The van der Waals surface area contributed by atoms with Gasteiger partial charge in [-0.1, -0.05) is 18.6 Å². The van der Waals surface area contributed by atoms with E-state index >= 15 is 0 Å². The highest BCUT2D eigenvalue weighted by Crippen LogP contribution is 2.28. The highest BCUT2D eigenvalue weighted by Gasteiger charge is 2.25. The fourth-order valence-electron chi connectivity index (χ4n) is 2.16. The summed E-state index contributed by atoms with van der Waals surface area (Å²) in [6, 6.07) is 7.66. The van der Waals surface area contributed by atoms with Crippen molar-refractivity contribution in [1.82, 2.24) is 9.97 Å². The van der Waals surface area contributed by atoms with E-state index in [2.05, 4.69) is 15.3 Å². The molecule has 1 saturated carbocycles. The summed E-state index contributed by atoms with van der Waals surface area (Å²) in [5.74, 6) is 0.692. The topological polar surface area (TPSA) is 83.8 Å². The molecule has 1 amide bonds. The predicted octanol–water partition coefficient (Wildman–Crippen LogP) is 2.82. The third-order valence-electron chi connectivity index (χ3n) is 3.51. The zero-order valence-electron chi connectivity index (χ0n) is 10.9. The fourth-order valence-corrected chi connectivity index (χ4v) is 2.16. The Hall–Kier alpha value is -2.01. The lowest BCUT2D eigenvalue weighted by molar-refractivity contribution is -0.122. The van der Waals surface area contributed by atoms with Gasteiger partial charge in [0.2, 0.25) is 5.91 Å². The van der Waals surface area contributed by atoms with Crippen LogP contribution in [0, 0.1) is 5.92 Å². The molecule has 20 heavy (non-hydrogen) atoms. The van der Waals surface area contributed by atoms with Gasteiger partial charge in [0, 0.05) is 17.2 Å². The Morgan fingerprint density at radius 3 is 2.80 bits per heavy atom. The molecule has 0 spiro atoms. The molecule has 1 heterocycles. The first-order chi connectivity index (χ1) is 9.22. The largest absolute Gasteiger partial charge is 0.369 e. The number of imidazole rings is 1. The van der Waals surface area contributed by atoms with E-state index in [1.807, 2.05) is 24.3 Å². The van der Waals surface area contributed by atoms with E-state index < -0.39 is 0 Å². The Kier molecular flexibility index (Phi) is 4.29. The third kappa shape index (κ3) is 2.93. The van der Waals surface area contributed by atoms with Gasteiger partial charge >= 0.3 is 0 Å². The maximum Gasteiger partial charge on any atom is 0.227 e. The number of anilines is 2. The molecular formula is C14H17ClN4O. The van der Waals surface area contributed by atoms with Crippen molar-refractivity contribution in [3.05, 3.63) is 30.5 Å². The standard InChI is InChI=1S/C14H16N4O.ClH/c15-14-16-8-12(18-14)10-5-2-6-11(7-10)17-13(19)9-3-1-4-9;/h2,5-9H,1,3-4H2,(H,17,19)(H3,15,16,18);1H. The van der Waals surface area contributed by atoms with Crippen molar-refractivity contribution < 1.29 is 4.79 Å². The number of halogens is 1. The number of benzene rings is 1. The molecule has 0 aliphatic heterocycles. The van der Waals surface area contributed by atoms with Crippen LogP contribution in [0.5, 0.6) is 0 Å². The molecule has 5 nitrogen and oxygen atoms in total. The van der Waals surface area contributed by atoms with Crippen molar-refractivity contribution >= 4 is 29.9 Å². The Bertz CT molecular complexity index is 607. The van der Waals surface area contributed by atoms with Gasteiger partial charge in [0.1, 0.15) is 0 Å². The molecule has 0 radical (unpaired) electrons. The Morgan fingerprint density at radius 2 is 2.20 bits per heavy atom. The van der Waals surface area contributed by atoms with E-state index in [9.17, 15) is 4.79 Å². The average Bonchev–Trinajstić information content (AvgIpc) is 2.74. The lowest BCUT2D eigenvalue weighted by atomic mass is 9.85. The van der Waals surface area contributed by atoms with Crippen LogP contribution in [0.4, 0.5) is 11.6 Å². The molecular weight excluding hydrogens is 276 g/mol. The highest BCUT2D eigenvalue weighted by molar-refractivity contribution is 5.93. The summed E-state index contributed by atoms with van der Waals surface area (Å²) in [6.07, 6.45) is 4.85. The van der Waals surface area contributed by atoms with Crippen molar-refractivity contribution in [2.45, 2.75) is 19.3 Å². The summed E-state index contributed by atoms with van der Waals surface area (Å²) in [7, 11) is 0. The molecule has 2 aromatic rings. The normalized spacial score (nSPS) is 14.2. The van der Waals surface area contributed by atoms with Gasteiger partial charge in [-0.15, -0.1) is 12.4 Å². The van der Waals surface area contributed by atoms with Gasteiger partial charge in [-0.3, -0.25) is 4.79 Å². The maximum absolute atomic E-state index is 11.9. The second-order valence-electron chi connectivity index (χ2n) is 4.88. The van der Waals surface area contributed by atoms with Crippen LogP contribution in [0.15, 0.2) is 30.5 Å². The molecule has 3 rings (SSSR count). The molecule has 106 valence electrons. The number of rotatable bonds is 3. The van der Waals surface area contributed by atoms with Gasteiger partial charge in [-0.2, -0.15) is 0 Å². The molecule has 1 aromatic carbocycles. The number of aromatic nitrogens is 2. The van der Waals surface area contributed by atoms with Crippen LogP contribution >= 0.6 is 12.4 Å². The fraction of sp³-hybridized carbons (Fsp3) is 0.286. The molecule has 0 atom stereocenters. The van der Waals surface area contributed by atoms with Crippen LogP contribution in [0.1, 0.15) is 19.3 Å². The van der Waals surface area contributed by atoms with Gasteiger partial charge < -0.3 is 16.0 Å². The van der Waals surface area contributed by atoms with Crippen LogP contribution in [-0.2, 0) is 4.79 Å². The summed E-state index contributed by atoms with van der Waals surface area (Å²) >= 11 is 0. The van der Waals surface area contributed by atoms with E-state index in [1.165, 1.54) is 0 Å². The number of nitrogen functional groups attached to an aromatic ring is 1. The zero-order chi connectivity index (χ0) is 13.2. The van der Waals surface area contributed by atoms with Crippen LogP contribution in [0.25, 0.3) is 11.3 Å². The number of hydrogen-bond acceptors (Lipinski definition) is 3. The number of amides is 1. The minimum absolute atomic E-state index is 0. The monoisotopic (exact) mass is 292 g/mol. The molecule has 6 heteroatoms. The van der Waals surface area contributed by atoms with E-state index in [0.29, 0.717) is 5.95 Å². The minimum atomic E-state index is 0. The molecule has 1 aliphatic rings. The first kappa shape index (κ1) is 14.4. The van der Waals surface area contributed by atoms with Gasteiger partial charge in [-0.05, 0) is 25.0 Å². The lowest BCUT2D eigenvalue weighted by Gasteiger charge is -2.24. The second kappa shape index (κ2) is 5.96. The van der Waals surface area contributed by atoms with Crippen molar-refractivity contribution in [2.24, 2.45) is 5.92 Å². The second-order valence-corrected chi connectivity index (χ2v) is 4.88. The Labute approximate surface area is 123 Å². The van der Waals surface area contributed by atoms with Crippen molar-refractivity contribution in [3.8, 4) is 11.3 Å². The predicted molar refractivity (Wildman–Crippen MR) is 81.7 cm³/mol. The summed E-state index contributed by atoms with van der Waals surface area (Å²) in [4.78, 5) is 18.8. The number of H-pyrrole nitrogens is 1. The van der Waals surface area contributed by atoms with E-state index in [1.54, 1.807) is 6.20 Å². The number of aromatic amines is 1. The zero-order valence-corrected chi connectivity index (χ0v) is 11.7. The maximum atomic E-state index is 11.9. The summed E-state index contributed by atoms with van der Waals surface area (Å²) in [5, 5.41) is 2.96. The minimum Gasteiger partial charge on any atom is -0.369 e. The van der Waals surface area contributed by atoms with Crippen LogP contribution in [-0.4, -0.2) is 15.9 Å². The van der Waals surface area contributed by atoms with Crippen molar-refractivity contribution in [1.29, 1.82) is 0 Å². The summed E-state index contributed by atoms with van der Waals surface area (Å²) < 4.78 is 0. The molecule has 0 unspecified atom stereocenters. The summed E-state index contributed by atoms with van der Waals surface area (Å²) in [5.41, 5.74) is 8.17. The number of hydrogen-bond donors (Lipinski definition) is 3. The van der Waals surface area contributed by atoms with Gasteiger partial charge in [0.15, 0.2) is 5.95 Å². The van der Waals surface area contributed by atoms with E-state index in [-0.39, 0.29) is 24.2 Å². The van der Waals surface area contributed by atoms with Gasteiger partial charge in [-0.25, -0.2) is 4.98 Å². The smallest absolute Gasteiger partial charge is 0.227 e. The Balaban J connectivity index is 0.00000147. The summed E-state index contributed by atoms with van der Waals surface area (Å²) in [6.45, 7) is 0. The van der Waals surface area contributed by atoms with Crippen molar-refractivity contribution in [3.63, 3.8) is 0 Å². The van der Waals surface area contributed by atoms with Crippen LogP contribution in [0.3, 0.4) is 0 Å². The molecule has 0 saturated heterocycles. The van der Waals surface area contributed by atoms with Crippen LogP contribution in [0.2, 0.25) is 0 Å². The molecule has 1 fully saturated rings. The molecule has 1 aliphatic carbocycles. The van der Waals surface area contributed by atoms with E-state index in [0.717, 1.165) is 36.2 Å². The average molecular weight is 293 g/mol. The third-order valence-corrected chi connectivity index (χ3v) is 3.51. The lowest BCUT2D eigenvalue weighted by Crippen LogP contribution is -2.27. The van der Waals surface area contributed by atoms with E-state index in [4.69, 9.17) is 5.73 Å². The number of carbonyl (C=O) groups excluding carboxylic acids is 1. The van der Waals surface area contributed by atoms with Crippen molar-refractivity contribution in [2.75, 3.05) is 11.1 Å². The molecule has 4 N–H and O–H groups in total. The first-order valence-corrected chi connectivity index (χ1v) is 6.44. The number of nitrogens with two attached hydrogens (primary N) is 1. The number of nitrogens with one attached hydrogen (secondary N) is 2. The molecule has 0 bridgehead atoms. The quantitative estimate of drug-likeness (QED) is 0.813. The SMILES string of the molecule is Cl.Nc1ncc(-c2cccc(NC(=O)C3CCC3)c2)[nH]1. The molecule has 1 aromatic heterocycles. The highest BCUT2D eigenvalue weighted by atomic mass is 35.5. The van der Waals surface area contributed by atoms with Gasteiger partial charge in [0.25, 0.3) is 0 Å². The number of nitrogens with zero attached hydrogens (tertiary/aromatic N) is 1. The Morgan fingerprint density at radius 1 is 1.40 bits per heavy atom. The number of carbonyl (C=O) groups is 1. The van der Waals surface area contributed by atoms with Crippen LogP contribution < -0.4 is 11.1 Å².